The molecule has 0 saturated heterocycles. The minimum Gasteiger partial charge on any atom is -0.483 e. The number of aryl methyl sites for hydroxylation is 1. The fourth-order valence-electron chi connectivity index (χ4n) is 2.91. The number of aromatic nitrogens is 5. The van der Waals surface area contributed by atoms with Crippen molar-refractivity contribution in [2.45, 2.75) is 26.6 Å². The topological polar surface area (TPSA) is 118 Å². The predicted molar refractivity (Wildman–Crippen MR) is 114 cm³/mol. The van der Waals surface area contributed by atoms with Gasteiger partial charge < -0.3 is 9.84 Å². The van der Waals surface area contributed by atoms with Crippen molar-refractivity contribution >= 4 is 23.3 Å². The molecule has 0 amide bonds. The van der Waals surface area contributed by atoms with Crippen molar-refractivity contribution in [2.75, 3.05) is 0 Å². The van der Waals surface area contributed by atoms with Gasteiger partial charge in [-0.1, -0.05) is 11.6 Å². The number of nitriles is 1. The first-order chi connectivity index (χ1) is 16.0. The highest BCUT2D eigenvalue weighted by atomic mass is 35.5. The number of rotatable bonds is 4. The molecular weight excluding hydrogens is 477 g/mol. The Labute approximate surface area is 195 Å². The van der Waals surface area contributed by atoms with Crippen LogP contribution in [0.3, 0.4) is 0 Å². The molecule has 0 radical (unpaired) electrons. The van der Waals surface area contributed by atoms with Gasteiger partial charge in [0.05, 0.1) is 27.7 Å². The highest BCUT2D eigenvalue weighted by molar-refractivity contribution is 6.31. The van der Waals surface area contributed by atoms with Crippen molar-refractivity contribution in [3.05, 3.63) is 70.5 Å². The third-order valence-electron chi connectivity index (χ3n) is 4.43. The van der Waals surface area contributed by atoms with Gasteiger partial charge in [-0.15, -0.1) is 0 Å². The summed E-state index contributed by atoms with van der Waals surface area (Å²) in [5, 5.41) is 21.1. The number of benzene rings is 1. The lowest BCUT2D eigenvalue weighted by atomic mass is 10.2. The number of hydrogen-bond acceptors (Lipinski definition) is 6. The highest BCUT2D eigenvalue weighted by Crippen LogP contribution is 2.28. The van der Waals surface area contributed by atoms with E-state index in [4.69, 9.17) is 31.5 Å². The zero-order valence-corrected chi connectivity index (χ0v) is 18.5. The zero-order chi connectivity index (χ0) is 25.0. The second-order valence-electron chi connectivity index (χ2n) is 6.84. The fraction of sp³-hybridized carbons (Fsp3) is 0.190. The number of carboxylic acids is 1. The normalized spacial score (nSPS) is 11.0. The minimum absolute atomic E-state index is 0.310. The molecule has 34 heavy (non-hydrogen) atoms. The lowest BCUT2D eigenvalue weighted by molar-refractivity contribution is -0.192. The molecule has 3 heterocycles. The molecule has 4 aromatic rings. The van der Waals surface area contributed by atoms with Crippen LogP contribution in [0.2, 0.25) is 5.02 Å². The maximum absolute atomic E-state index is 10.6. The quantitative estimate of drug-likeness (QED) is 0.452. The van der Waals surface area contributed by atoms with E-state index in [0.717, 1.165) is 22.8 Å². The van der Waals surface area contributed by atoms with Gasteiger partial charge in [0.15, 0.2) is 5.75 Å². The number of fused-ring (bicyclic) bond motifs is 1. The Hall–Kier alpha value is -4.11. The van der Waals surface area contributed by atoms with Gasteiger partial charge in [0, 0.05) is 18.6 Å². The Morgan fingerprint density at radius 1 is 1.32 bits per heavy atom. The molecule has 3 aromatic heterocycles. The van der Waals surface area contributed by atoms with Crippen molar-refractivity contribution in [2.24, 2.45) is 0 Å². The summed E-state index contributed by atoms with van der Waals surface area (Å²) in [6.07, 6.45) is 0.397. The highest BCUT2D eigenvalue weighted by Gasteiger charge is 2.38. The number of ether oxygens (including phenoxy) is 1. The molecule has 0 spiro atoms. The summed E-state index contributed by atoms with van der Waals surface area (Å²) in [5.74, 6) is -1.43. The average molecular weight is 493 g/mol. The average Bonchev–Trinajstić information content (AvgIpc) is 3.32. The molecule has 176 valence electrons. The van der Waals surface area contributed by atoms with Gasteiger partial charge in [0.1, 0.15) is 18.4 Å². The van der Waals surface area contributed by atoms with Gasteiger partial charge in [-0.2, -0.15) is 23.5 Å². The van der Waals surface area contributed by atoms with Crippen LogP contribution in [-0.4, -0.2) is 41.4 Å². The molecule has 4 rings (SSSR count). The number of alkyl halides is 3. The number of nitrogens with zero attached hydrogens (tertiary/aromatic N) is 6. The van der Waals surface area contributed by atoms with Gasteiger partial charge in [-0.25, -0.2) is 19.4 Å². The Morgan fingerprint density at radius 3 is 2.62 bits per heavy atom. The molecule has 0 saturated carbocycles. The summed E-state index contributed by atoms with van der Waals surface area (Å²) in [7, 11) is 0. The largest absolute Gasteiger partial charge is 0.490 e. The smallest absolute Gasteiger partial charge is 0.483 e. The molecule has 0 atom stereocenters. The summed E-state index contributed by atoms with van der Waals surface area (Å²) in [4.78, 5) is 17.5. The van der Waals surface area contributed by atoms with E-state index in [0.29, 0.717) is 28.7 Å². The number of carboxylic acid groups (broad SMARTS) is 1. The van der Waals surface area contributed by atoms with Crippen molar-refractivity contribution in [1.29, 1.82) is 5.26 Å². The molecule has 0 fully saturated rings. The van der Waals surface area contributed by atoms with Crippen LogP contribution >= 0.6 is 11.6 Å². The van der Waals surface area contributed by atoms with Crippen LogP contribution in [0, 0.1) is 25.2 Å². The molecule has 1 N–H and O–H groups in total. The molecular formula is C21H16ClF3N6O3. The maximum Gasteiger partial charge on any atom is 0.490 e. The van der Waals surface area contributed by atoms with Crippen LogP contribution in [0.4, 0.5) is 13.2 Å². The number of aliphatic carboxylic acids is 1. The van der Waals surface area contributed by atoms with Crippen LogP contribution in [0.1, 0.15) is 22.6 Å². The van der Waals surface area contributed by atoms with Crippen LogP contribution in [0.25, 0.3) is 11.5 Å². The van der Waals surface area contributed by atoms with E-state index < -0.39 is 12.1 Å². The van der Waals surface area contributed by atoms with Crippen molar-refractivity contribution < 1.29 is 27.8 Å². The second-order valence-corrected chi connectivity index (χ2v) is 7.25. The monoisotopic (exact) mass is 492 g/mol. The van der Waals surface area contributed by atoms with E-state index >= 15 is 0 Å². The summed E-state index contributed by atoms with van der Waals surface area (Å²) in [6, 6.07) is 9.11. The number of carbonyl (C=O) groups is 1. The van der Waals surface area contributed by atoms with Gasteiger partial charge in [-0.05, 0) is 38.1 Å². The third-order valence-corrected chi connectivity index (χ3v) is 4.75. The van der Waals surface area contributed by atoms with Gasteiger partial charge >= 0.3 is 12.1 Å². The standard InChI is InChI=1S/C19H15ClN6O.C2HF3O2/c1-12-18(27-11-15-10-25-7-3-6-22-19(25)23-15)13(2)26(24-12)16-5-4-14(9-21)17(20)8-16;3-2(4,5)1(6)7/h3-8,10H,11H2,1-2H3;(H,6,7). The van der Waals surface area contributed by atoms with Crippen LogP contribution in [-0.2, 0) is 11.4 Å². The second kappa shape index (κ2) is 9.80. The Morgan fingerprint density at radius 2 is 2.03 bits per heavy atom. The number of imidazole rings is 1. The van der Waals surface area contributed by atoms with Gasteiger partial charge in [0.25, 0.3) is 0 Å². The minimum atomic E-state index is -5.08. The zero-order valence-electron chi connectivity index (χ0n) is 17.7. The molecule has 0 aliphatic rings. The van der Waals surface area contributed by atoms with Crippen molar-refractivity contribution in [3.63, 3.8) is 0 Å². The SMILES string of the molecule is Cc1nn(-c2ccc(C#N)c(Cl)c2)c(C)c1OCc1cn2cccnc2n1.O=C(O)C(F)(F)F. The number of hydrogen-bond donors (Lipinski definition) is 1. The summed E-state index contributed by atoms with van der Waals surface area (Å²) < 4.78 is 41.3. The van der Waals surface area contributed by atoms with E-state index in [-0.39, 0.29) is 0 Å². The van der Waals surface area contributed by atoms with E-state index in [1.807, 2.05) is 36.7 Å². The molecule has 13 heteroatoms. The molecule has 1 aromatic carbocycles. The molecule has 0 unspecified atom stereocenters. The molecule has 0 aliphatic heterocycles. The summed E-state index contributed by atoms with van der Waals surface area (Å²) in [6.45, 7) is 4.12. The molecule has 0 bridgehead atoms. The summed E-state index contributed by atoms with van der Waals surface area (Å²) in [5.41, 5.74) is 3.58. The Balaban J connectivity index is 0.000000406. The molecule has 9 nitrogen and oxygen atoms in total. The van der Waals surface area contributed by atoms with E-state index in [1.54, 1.807) is 29.1 Å². The maximum atomic E-state index is 10.6. The van der Waals surface area contributed by atoms with Crippen molar-refractivity contribution in [1.82, 2.24) is 24.1 Å². The summed E-state index contributed by atoms with van der Waals surface area (Å²) >= 11 is 6.15. The van der Waals surface area contributed by atoms with E-state index in [2.05, 4.69) is 21.1 Å². The third kappa shape index (κ3) is 5.44. The van der Waals surface area contributed by atoms with Crippen LogP contribution in [0.15, 0.2) is 42.9 Å². The molecule has 0 aliphatic carbocycles. The van der Waals surface area contributed by atoms with Crippen molar-refractivity contribution in [3.8, 4) is 17.5 Å². The van der Waals surface area contributed by atoms with E-state index in [9.17, 15) is 13.2 Å². The van der Waals surface area contributed by atoms with Crippen LogP contribution < -0.4 is 4.74 Å². The first kappa shape index (κ1) is 24.5. The Kier molecular flexibility index (Phi) is 7.07. The first-order valence-corrected chi connectivity index (χ1v) is 9.86. The first-order valence-electron chi connectivity index (χ1n) is 9.49. The van der Waals surface area contributed by atoms with Crippen LogP contribution in [0.5, 0.6) is 5.75 Å². The predicted octanol–water partition coefficient (Wildman–Crippen LogP) is 4.27. The van der Waals surface area contributed by atoms with Gasteiger partial charge in [0.2, 0.25) is 5.78 Å². The lowest BCUT2D eigenvalue weighted by Crippen LogP contribution is -2.21. The Bertz CT molecular complexity index is 1360. The number of halogens is 4. The fourth-order valence-corrected chi connectivity index (χ4v) is 3.13. The van der Waals surface area contributed by atoms with E-state index in [1.165, 1.54) is 0 Å². The lowest BCUT2D eigenvalue weighted by Gasteiger charge is -2.07. The van der Waals surface area contributed by atoms with Gasteiger partial charge in [-0.3, -0.25) is 4.40 Å².